The van der Waals surface area contributed by atoms with Crippen LogP contribution in [0.25, 0.3) is 0 Å². The van der Waals surface area contributed by atoms with Gasteiger partial charge >= 0.3 is 6.03 Å². The molecule has 33 heavy (non-hydrogen) atoms. The number of ether oxygens (including phenoxy) is 1. The number of anilines is 1. The molecule has 4 rings (SSSR count). The molecule has 4 aromatic rings. The second-order valence-corrected chi connectivity index (χ2v) is 7.71. The first-order valence-electron chi connectivity index (χ1n) is 11.0. The van der Waals surface area contributed by atoms with Crippen molar-refractivity contribution >= 4 is 11.7 Å². The fourth-order valence-electron chi connectivity index (χ4n) is 3.42. The van der Waals surface area contributed by atoms with Crippen LogP contribution in [-0.2, 0) is 19.6 Å². The summed E-state index contributed by atoms with van der Waals surface area (Å²) in [4.78, 5) is 19.2. The van der Waals surface area contributed by atoms with E-state index in [2.05, 4.69) is 10.3 Å². The molecular weight excluding hydrogens is 410 g/mol. The normalized spacial score (nSPS) is 10.4. The molecule has 0 saturated heterocycles. The first-order valence-corrected chi connectivity index (χ1v) is 11.0. The van der Waals surface area contributed by atoms with Gasteiger partial charge in [-0.2, -0.15) is 0 Å². The molecule has 0 fully saturated rings. The number of carbonyl (C=O) groups excluding carboxylic acids is 1. The molecule has 0 bridgehead atoms. The molecule has 3 aromatic carbocycles. The number of rotatable bonds is 9. The Morgan fingerprint density at radius 3 is 2.18 bits per heavy atom. The fraction of sp³-hybridized carbons (Fsp3) is 0.143. The first kappa shape index (κ1) is 22.1. The molecule has 0 spiro atoms. The Morgan fingerprint density at radius 2 is 1.48 bits per heavy atom. The van der Waals surface area contributed by atoms with Gasteiger partial charge < -0.3 is 15.0 Å². The molecule has 1 N–H and O–H groups in total. The summed E-state index contributed by atoms with van der Waals surface area (Å²) >= 11 is 0. The Bertz CT molecular complexity index is 1120. The Kier molecular flexibility index (Phi) is 7.69. The molecule has 166 valence electrons. The highest BCUT2D eigenvalue weighted by atomic mass is 16.5. The predicted octanol–water partition coefficient (Wildman–Crippen LogP) is 5.94. The molecule has 0 unspecified atom stereocenters. The van der Waals surface area contributed by atoms with Gasteiger partial charge in [0.05, 0.1) is 0 Å². The topological polar surface area (TPSA) is 54.5 Å². The fourth-order valence-corrected chi connectivity index (χ4v) is 3.42. The van der Waals surface area contributed by atoms with Gasteiger partial charge in [-0.1, -0.05) is 66.7 Å². The summed E-state index contributed by atoms with van der Waals surface area (Å²) in [5, 5.41) is 2.99. The van der Waals surface area contributed by atoms with Gasteiger partial charge in [0.25, 0.3) is 0 Å². The Hall–Kier alpha value is -4.12. The van der Waals surface area contributed by atoms with Gasteiger partial charge in [0.2, 0.25) is 0 Å². The van der Waals surface area contributed by atoms with Gasteiger partial charge in [0.15, 0.2) is 0 Å². The predicted molar refractivity (Wildman–Crippen MR) is 131 cm³/mol. The van der Waals surface area contributed by atoms with Crippen LogP contribution >= 0.6 is 0 Å². The van der Waals surface area contributed by atoms with Crippen LogP contribution in [0.3, 0.4) is 0 Å². The average molecular weight is 438 g/mol. The van der Waals surface area contributed by atoms with Crippen LogP contribution < -0.4 is 10.1 Å². The van der Waals surface area contributed by atoms with Crippen molar-refractivity contribution in [1.29, 1.82) is 0 Å². The van der Waals surface area contributed by atoms with E-state index in [1.165, 1.54) is 0 Å². The maximum Gasteiger partial charge on any atom is 0.322 e. The summed E-state index contributed by atoms with van der Waals surface area (Å²) in [5.41, 5.74) is 3.89. The van der Waals surface area contributed by atoms with Crippen LogP contribution in [0.5, 0.6) is 5.75 Å². The number of benzene rings is 3. The van der Waals surface area contributed by atoms with Crippen molar-refractivity contribution in [3.05, 3.63) is 126 Å². The van der Waals surface area contributed by atoms with Crippen LogP contribution in [0.4, 0.5) is 10.5 Å². The monoisotopic (exact) mass is 437 g/mol. The molecule has 1 aromatic heterocycles. The van der Waals surface area contributed by atoms with Gasteiger partial charge in [-0.25, -0.2) is 4.79 Å². The number of aromatic nitrogens is 1. The third kappa shape index (κ3) is 6.94. The van der Waals surface area contributed by atoms with E-state index in [1.807, 2.05) is 108 Å². The van der Waals surface area contributed by atoms with Crippen molar-refractivity contribution in [2.45, 2.75) is 19.6 Å². The van der Waals surface area contributed by atoms with E-state index in [4.69, 9.17) is 4.74 Å². The molecule has 5 nitrogen and oxygen atoms in total. The molecule has 0 atom stereocenters. The van der Waals surface area contributed by atoms with Crippen LogP contribution in [0.1, 0.15) is 16.8 Å². The Morgan fingerprint density at radius 1 is 0.788 bits per heavy atom. The maximum atomic E-state index is 13.0. The largest absolute Gasteiger partial charge is 0.489 e. The zero-order chi connectivity index (χ0) is 22.7. The van der Waals surface area contributed by atoms with Crippen molar-refractivity contribution in [1.82, 2.24) is 9.88 Å². The molecule has 0 aliphatic carbocycles. The number of nitrogens with zero attached hydrogens (tertiary/aromatic N) is 2. The van der Waals surface area contributed by atoms with Gasteiger partial charge in [0.1, 0.15) is 12.4 Å². The van der Waals surface area contributed by atoms with Crippen LogP contribution in [-0.4, -0.2) is 22.5 Å². The average Bonchev–Trinajstić information content (AvgIpc) is 2.88. The van der Waals surface area contributed by atoms with Crippen molar-refractivity contribution in [2.75, 3.05) is 11.9 Å². The van der Waals surface area contributed by atoms with E-state index in [9.17, 15) is 4.79 Å². The Labute approximate surface area is 194 Å². The van der Waals surface area contributed by atoms with Crippen LogP contribution in [0, 0.1) is 0 Å². The highest BCUT2D eigenvalue weighted by Gasteiger charge is 2.15. The van der Waals surface area contributed by atoms with Gasteiger partial charge in [-0.05, 0) is 47.5 Å². The number of pyridine rings is 1. The lowest BCUT2D eigenvalue weighted by Crippen LogP contribution is -2.36. The summed E-state index contributed by atoms with van der Waals surface area (Å²) in [5.74, 6) is 0.802. The SMILES string of the molecule is O=C(Nc1ccccc1)N(CCc1ccccn1)Cc1ccc(OCc2ccccc2)cc1. The number of nitrogens with one attached hydrogen (secondary N) is 1. The van der Waals surface area contributed by atoms with Crippen molar-refractivity contribution in [2.24, 2.45) is 0 Å². The standard InChI is InChI=1S/C28H27N3O2/c32-28(30-26-12-5-2-6-13-26)31(20-18-25-11-7-8-19-29-25)21-23-14-16-27(17-15-23)33-22-24-9-3-1-4-10-24/h1-17,19H,18,20-22H2,(H,30,32). The number of para-hydroxylation sites is 1. The molecule has 5 heteroatoms. The summed E-state index contributed by atoms with van der Waals surface area (Å²) in [6.45, 7) is 1.57. The van der Waals surface area contributed by atoms with E-state index in [0.29, 0.717) is 26.1 Å². The molecule has 0 saturated carbocycles. The lowest BCUT2D eigenvalue weighted by atomic mass is 10.2. The summed E-state index contributed by atoms with van der Waals surface area (Å²) in [6, 6.07) is 33.2. The zero-order valence-corrected chi connectivity index (χ0v) is 18.4. The number of urea groups is 1. The Balaban J connectivity index is 1.40. The number of hydrogen-bond acceptors (Lipinski definition) is 3. The number of carbonyl (C=O) groups is 1. The van der Waals surface area contributed by atoms with E-state index in [1.54, 1.807) is 6.20 Å². The van der Waals surface area contributed by atoms with E-state index in [-0.39, 0.29) is 6.03 Å². The lowest BCUT2D eigenvalue weighted by Gasteiger charge is -2.23. The quantitative estimate of drug-likeness (QED) is 0.353. The lowest BCUT2D eigenvalue weighted by molar-refractivity contribution is 0.209. The van der Waals surface area contributed by atoms with Crippen molar-refractivity contribution in [3.63, 3.8) is 0 Å². The molecule has 0 radical (unpaired) electrons. The minimum atomic E-state index is -0.137. The van der Waals surface area contributed by atoms with Crippen LogP contribution in [0.2, 0.25) is 0 Å². The molecular formula is C28H27N3O2. The highest BCUT2D eigenvalue weighted by Crippen LogP contribution is 2.17. The van der Waals surface area contributed by atoms with Crippen LogP contribution in [0.15, 0.2) is 109 Å². The molecule has 0 aliphatic rings. The van der Waals surface area contributed by atoms with E-state index < -0.39 is 0 Å². The molecule has 0 aliphatic heterocycles. The van der Waals surface area contributed by atoms with E-state index in [0.717, 1.165) is 28.3 Å². The summed E-state index contributed by atoms with van der Waals surface area (Å²) < 4.78 is 5.88. The van der Waals surface area contributed by atoms with Gasteiger partial charge in [-0.3, -0.25) is 4.98 Å². The minimum Gasteiger partial charge on any atom is -0.489 e. The third-order valence-electron chi connectivity index (χ3n) is 5.22. The third-order valence-corrected chi connectivity index (χ3v) is 5.22. The maximum absolute atomic E-state index is 13.0. The van der Waals surface area contributed by atoms with Gasteiger partial charge in [-0.15, -0.1) is 0 Å². The smallest absolute Gasteiger partial charge is 0.322 e. The van der Waals surface area contributed by atoms with Gasteiger partial charge in [0, 0.05) is 37.1 Å². The summed E-state index contributed by atoms with van der Waals surface area (Å²) in [7, 11) is 0. The summed E-state index contributed by atoms with van der Waals surface area (Å²) in [6.07, 6.45) is 2.46. The zero-order valence-electron chi connectivity index (χ0n) is 18.4. The number of amides is 2. The van der Waals surface area contributed by atoms with Crippen molar-refractivity contribution < 1.29 is 9.53 Å². The number of hydrogen-bond donors (Lipinski definition) is 1. The second kappa shape index (κ2) is 11.5. The first-order chi connectivity index (χ1) is 16.3. The molecule has 1 heterocycles. The molecule has 2 amide bonds. The highest BCUT2D eigenvalue weighted by molar-refractivity contribution is 5.89. The minimum absolute atomic E-state index is 0.137. The van der Waals surface area contributed by atoms with E-state index >= 15 is 0 Å². The second-order valence-electron chi connectivity index (χ2n) is 7.71. The van der Waals surface area contributed by atoms with Crippen molar-refractivity contribution in [3.8, 4) is 5.75 Å².